The Morgan fingerprint density at radius 2 is 1.25 bits per heavy atom. The summed E-state index contributed by atoms with van der Waals surface area (Å²) < 4.78 is 0. The maximum Gasteiger partial charge on any atom is -0.00551 e. The fraction of sp³-hybridized carbons (Fsp3) is 0.700. The summed E-state index contributed by atoms with van der Waals surface area (Å²) in [4.78, 5) is 0. The lowest BCUT2D eigenvalue weighted by Gasteiger charge is -2.39. The van der Waals surface area contributed by atoms with E-state index in [4.69, 9.17) is 0 Å². The Bertz CT molecular complexity index is 421. The predicted molar refractivity (Wildman–Crippen MR) is 91.4 cm³/mol. The minimum absolute atomic E-state index is 0.193. The average molecular weight is 274 g/mol. The SMILES string of the molecule is CC(CC(C)(C)C)c1ccc(C(C)(C)C(C)(C)C)cc1. The molecule has 0 amide bonds. The highest BCUT2D eigenvalue weighted by atomic mass is 14.4. The summed E-state index contributed by atoms with van der Waals surface area (Å²) in [7, 11) is 0. The molecule has 0 saturated carbocycles. The van der Waals surface area contributed by atoms with E-state index in [1.54, 1.807) is 0 Å². The highest BCUT2D eigenvalue weighted by molar-refractivity contribution is 5.31. The molecule has 0 nitrogen and oxygen atoms in total. The monoisotopic (exact) mass is 274 g/mol. The van der Waals surface area contributed by atoms with Gasteiger partial charge in [-0.2, -0.15) is 0 Å². The maximum absolute atomic E-state index is 2.35. The van der Waals surface area contributed by atoms with Gasteiger partial charge >= 0.3 is 0 Å². The van der Waals surface area contributed by atoms with E-state index in [1.807, 2.05) is 0 Å². The predicted octanol–water partition coefficient (Wildman–Crippen LogP) is 6.55. The van der Waals surface area contributed by atoms with Crippen molar-refractivity contribution in [3.05, 3.63) is 35.4 Å². The van der Waals surface area contributed by atoms with Crippen molar-refractivity contribution in [3.63, 3.8) is 0 Å². The van der Waals surface area contributed by atoms with Crippen molar-refractivity contribution in [1.29, 1.82) is 0 Å². The van der Waals surface area contributed by atoms with E-state index in [9.17, 15) is 0 Å². The first-order valence-electron chi connectivity index (χ1n) is 7.95. The second-order valence-corrected chi connectivity index (χ2v) is 9.16. The zero-order valence-corrected chi connectivity index (χ0v) is 15.1. The summed E-state index contributed by atoms with van der Waals surface area (Å²) in [6.07, 6.45) is 1.23. The Morgan fingerprint density at radius 1 is 0.800 bits per heavy atom. The molecule has 0 aliphatic rings. The molecule has 1 unspecified atom stereocenters. The number of benzene rings is 1. The van der Waals surface area contributed by atoms with Crippen LogP contribution in [0, 0.1) is 10.8 Å². The standard InChI is InChI=1S/C20H34/c1-15(14-18(2,3)4)16-10-12-17(13-11-16)20(8,9)19(5,6)7/h10-13,15H,14H2,1-9H3. The molecular weight excluding hydrogens is 240 g/mol. The first-order valence-corrected chi connectivity index (χ1v) is 7.95. The molecule has 0 saturated heterocycles. The Hall–Kier alpha value is -0.780. The molecule has 1 atom stereocenters. The highest BCUT2D eigenvalue weighted by Crippen LogP contribution is 2.41. The molecule has 0 radical (unpaired) electrons. The van der Waals surface area contributed by atoms with E-state index in [0.717, 1.165) is 0 Å². The molecule has 0 bridgehead atoms. The molecule has 0 N–H and O–H groups in total. The van der Waals surface area contributed by atoms with Crippen LogP contribution in [0.5, 0.6) is 0 Å². The second-order valence-electron chi connectivity index (χ2n) is 9.16. The van der Waals surface area contributed by atoms with E-state index in [0.29, 0.717) is 11.3 Å². The van der Waals surface area contributed by atoms with Crippen LogP contribution in [0.3, 0.4) is 0 Å². The largest absolute Gasteiger partial charge is 0.0602 e. The smallest absolute Gasteiger partial charge is 0.00551 e. The van der Waals surface area contributed by atoms with Gasteiger partial charge in [0.2, 0.25) is 0 Å². The van der Waals surface area contributed by atoms with Gasteiger partial charge in [-0.25, -0.2) is 0 Å². The normalized spacial score (nSPS) is 15.2. The second kappa shape index (κ2) is 5.54. The highest BCUT2D eigenvalue weighted by Gasteiger charge is 2.34. The summed E-state index contributed by atoms with van der Waals surface area (Å²) in [5, 5.41) is 0. The lowest BCUT2D eigenvalue weighted by Crippen LogP contribution is -2.33. The van der Waals surface area contributed by atoms with Crippen LogP contribution >= 0.6 is 0 Å². The lowest BCUT2D eigenvalue weighted by atomic mass is 9.65. The molecule has 0 aliphatic heterocycles. The molecule has 0 heteroatoms. The van der Waals surface area contributed by atoms with Gasteiger partial charge in [-0.15, -0.1) is 0 Å². The minimum atomic E-state index is 0.193. The van der Waals surface area contributed by atoms with Gasteiger partial charge < -0.3 is 0 Å². The third-order valence-corrected chi connectivity index (χ3v) is 4.99. The number of rotatable bonds is 3. The van der Waals surface area contributed by atoms with Crippen molar-refractivity contribution in [1.82, 2.24) is 0 Å². The molecule has 114 valence electrons. The summed E-state index contributed by atoms with van der Waals surface area (Å²) in [5.74, 6) is 0.627. The first-order chi connectivity index (χ1) is 8.84. The lowest BCUT2D eigenvalue weighted by molar-refractivity contribution is 0.225. The van der Waals surface area contributed by atoms with Crippen LogP contribution in [0.25, 0.3) is 0 Å². The van der Waals surface area contributed by atoms with Crippen LogP contribution in [0.1, 0.15) is 85.8 Å². The van der Waals surface area contributed by atoms with Gasteiger partial charge in [0.15, 0.2) is 0 Å². The Kier molecular flexibility index (Phi) is 4.79. The summed E-state index contributed by atoms with van der Waals surface area (Å²) >= 11 is 0. The molecule has 0 spiro atoms. The summed E-state index contributed by atoms with van der Waals surface area (Å²) in [5.41, 5.74) is 3.76. The molecule has 1 rings (SSSR count). The van der Waals surface area contributed by atoms with Crippen molar-refractivity contribution in [3.8, 4) is 0 Å². The van der Waals surface area contributed by atoms with E-state index in [-0.39, 0.29) is 10.8 Å². The average Bonchev–Trinajstić information content (AvgIpc) is 2.25. The fourth-order valence-corrected chi connectivity index (χ4v) is 2.70. The van der Waals surface area contributed by atoms with E-state index in [1.165, 1.54) is 17.5 Å². The number of hydrogen-bond donors (Lipinski definition) is 0. The van der Waals surface area contributed by atoms with Gasteiger partial charge in [0.25, 0.3) is 0 Å². The third-order valence-electron chi connectivity index (χ3n) is 4.99. The topological polar surface area (TPSA) is 0 Å². The van der Waals surface area contributed by atoms with Gasteiger partial charge in [0, 0.05) is 0 Å². The van der Waals surface area contributed by atoms with Crippen molar-refractivity contribution in [2.24, 2.45) is 10.8 Å². The van der Waals surface area contributed by atoms with Crippen LogP contribution in [-0.2, 0) is 5.41 Å². The van der Waals surface area contributed by atoms with E-state index >= 15 is 0 Å². The molecule has 20 heavy (non-hydrogen) atoms. The molecule has 1 aromatic carbocycles. The summed E-state index contributed by atoms with van der Waals surface area (Å²) in [6.45, 7) is 21.0. The van der Waals surface area contributed by atoms with E-state index in [2.05, 4.69) is 86.6 Å². The third kappa shape index (κ3) is 4.11. The molecule has 0 heterocycles. The van der Waals surface area contributed by atoms with Gasteiger partial charge in [-0.05, 0) is 39.7 Å². The fourth-order valence-electron chi connectivity index (χ4n) is 2.70. The number of hydrogen-bond acceptors (Lipinski definition) is 0. The van der Waals surface area contributed by atoms with Gasteiger partial charge in [0.05, 0.1) is 0 Å². The Balaban J connectivity index is 2.95. The quantitative estimate of drug-likeness (QED) is 0.586. The van der Waals surface area contributed by atoms with Crippen LogP contribution < -0.4 is 0 Å². The van der Waals surface area contributed by atoms with Crippen molar-refractivity contribution < 1.29 is 0 Å². The van der Waals surface area contributed by atoms with Crippen LogP contribution in [0.4, 0.5) is 0 Å². The minimum Gasteiger partial charge on any atom is -0.0602 e. The molecule has 0 aliphatic carbocycles. The van der Waals surface area contributed by atoms with Crippen LogP contribution in [-0.4, -0.2) is 0 Å². The maximum atomic E-state index is 2.35. The molecule has 1 aromatic rings. The van der Waals surface area contributed by atoms with Crippen molar-refractivity contribution >= 4 is 0 Å². The Labute approximate surface area is 127 Å². The molecule has 0 aromatic heterocycles. The Morgan fingerprint density at radius 3 is 1.60 bits per heavy atom. The van der Waals surface area contributed by atoms with Crippen molar-refractivity contribution in [2.75, 3.05) is 0 Å². The van der Waals surface area contributed by atoms with Crippen LogP contribution in [0.15, 0.2) is 24.3 Å². The summed E-state index contributed by atoms with van der Waals surface area (Å²) in [6, 6.07) is 9.33. The van der Waals surface area contributed by atoms with Crippen molar-refractivity contribution in [2.45, 2.75) is 80.1 Å². The molecule has 0 fully saturated rings. The van der Waals surface area contributed by atoms with Gasteiger partial charge in [-0.1, -0.05) is 86.6 Å². The van der Waals surface area contributed by atoms with E-state index < -0.39 is 0 Å². The first kappa shape index (κ1) is 17.3. The molecular formula is C20H34. The van der Waals surface area contributed by atoms with Gasteiger partial charge in [0.1, 0.15) is 0 Å². The van der Waals surface area contributed by atoms with Crippen LogP contribution in [0.2, 0.25) is 0 Å². The zero-order valence-electron chi connectivity index (χ0n) is 15.1. The zero-order chi connectivity index (χ0) is 15.8. The van der Waals surface area contributed by atoms with Gasteiger partial charge in [-0.3, -0.25) is 0 Å².